The highest BCUT2D eigenvalue weighted by atomic mass is 16.7. The Morgan fingerprint density at radius 3 is 2.59 bits per heavy atom. The van der Waals surface area contributed by atoms with E-state index in [4.69, 9.17) is 14.2 Å². The molecule has 3 aliphatic heterocycles. The molecule has 3 heterocycles. The van der Waals surface area contributed by atoms with Crippen LogP contribution in [0.1, 0.15) is 53.4 Å². The first-order valence-electron chi connectivity index (χ1n) is 10.1. The van der Waals surface area contributed by atoms with Crippen LogP contribution in [0.25, 0.3) is 0 Å². The van der Waals surface area contributed by atoms with Crippen LogP contribution in [0, 0.1) is 22.7 Å². The lowest BCUT2D eigenvalue weighted by Crippen LogP contribution is -2.66. The summed E-state index contributed by atoms with van der Waals surface area (Å²) in [6, 6.07) is 0. The minimum atomic E-state index is -0.690. The number of epoxide rings is 1. The highest BCUT2D eigenvalue weighted by Crippen LogP contribution is 2.67. The number of aliphatic hydroxyl groups excluding tert-OH is 1. The molecule has 0 spiro atoms. The Kier molecular flexibility index (Phi) is 3.37. The fourth-order valence-corrected chi connectivity index (χ4v) is 6.70. The number of allylic oxidation sites excluding steroid dienone is 1. The van der Waals surface area contributed by atoms with Crippen LogP contribution in [0.4, 0.5) is 0 Å². The number of ketones is 2. The summed E-state index contributed by atoms with van der Waals surface area (Å²) in [6.07, 6.45) is 1.59. The number of hydrogen-bond acceptors (Lipinski definition) is 6. The van der Waals surface area contributed by atoms with Gasteiger partial charge in [-0.25, -0.2) is 0 Å². The number of fused-ring (bicyclic) bond motifs is 4. The molecule has 1 saturated heterocycles. The van der Waals surface area contributed by atoms with Crippen LogP contribution in [-0.2, 0) is 23.8 Å². The number of carbonyl (C=O) groups excluding carboxylic acids is 2. The van der Waals surface area contributed by atoms with E-state index in [-0.39, 0.29) is 42.2 Å². The first kappa shape index (κ1) is 17.7. The third-order valence-corrected chi connectivity index (χ3v) is 8.28. The van der Waals surface area contributed by atoms with Gasteiger partial charge in [0.1, 0.15) is 17.8 Å². The van der Waals surface area contributed by atoms with Crippen molar-refractivity contribution in [3.05, 3.63) is 11.5 Å². The molecule has 0 bridgehead atoms. The largest absolute Gasteiger partial charge is 0.462 e. The SMILES string of the molecule is C[C@@H]1CC(=O)C2=C(O1)O[C@]1(C)CC[C@@H]3[C@](C)(CO)[C@@H]4O[C@@H]4C(=O)[C@]3(C)[C@@H]1C2. The lowest BCUT2D eigenvalue weighted by atomic mass is 9.44. The van der Waals surface area contributed by atoms with E-state index in [1.54, 1.807) is 0 Å². The Morgan fingerprint density at radius 1 is 1.15 bits per heavy atom. The van der Waals surface area contributed by atoms with E-state index in [0.717, 1.165) is 12.8 Å². The lowest BCUT2D eigenvalue weighted by Gasteiger charge is -2.61. The van der Waals surface area contributed by atoms with Crippen LogP contribution in [0.2, 0.25) is 0 Å². The molecule has 1 N–H and O–H groups in total. The number of rotatable bonds is 1. The first-order valence-corrected chi connectivity index (χ1v) is 10.1. The molecule has 5 rings (SSSR count). The van der Waals surface area contributed by atoms with Gasteiger partial charge in [0.2, 0.25) is 0 Å². The fourth-order valence-electron chi connectivity index (χ4n) is 6.70. The Balaban J connectivity index is 1.60. The van der Waals surface area contributed by atoms with Crippen LogP contribution in [0.5, 0.6) is 0 Å². The highest BCUT2D eigenvalue weighted by molar-refractivity contribution is 5.97. The van der Waals surface area contributed by atoms with Crippen molar-refractivity contribution in [3.63, 3.8) is 0 Å². The van der Waals surface area contributed by atoms with Crippen LogP contribution in [0.3, 0.4) is 0 Å². The summed E-state index contributed by atoms with van der Waals surface area (Å²) in [5, 5.41) is 10.2. The lowest BCUT2D eigenvalue weighted by molar-refractivity contribution is -0.211. The van der Waals surface area contributed by atoms with Gasteiger partial charge in [-0.3, -0.25) is 9.59 Å². The second-order valence-electron chi connectivity index (χ2n) is 9.87. The summed E-state index contributed by atoms with van der Waals surface area (Å²) < 4.78 is 17.9. The zero-order valence-corrected chi connectivity index (χ0v) is 16.4. The normalized spacial score (nSPS) is 53.4. The van der Waals surface area contributed by atoms with Crippen molar-refractivity contribution in [1.82, 2.24) is 0 Å². The molecule has 2 aliphatic carbocycles. The van der Waals surface area contributed by atoms with Gasteiger partial charge in [0.25, 0.3) is 5.95 Å². The summed E-state index contributed by atoms with van der Waals surface area (Å²) in [7, 11) is 0. The third-order valence-electron chi connectivity index (χ3n) is 8.28. The van der Waals surface area contributed by atoms with E-state index in [1.165, 1.54) is 0 Å². The molecule has 0 aromatic carbocycles. The van der Waals surface area contributed by atoms with Gasteiger partial charge in [0.05, 0.1) is 18.3 Å². The predicted octanol–water partition coefficient (Wildman–Crippen LogP) is 2.14. The molecule has 6 nitrogen and oxygen atoms in total. The summed E-state index contributed by atoms with van der Waals surface area (Å²) in [6.45, 7) is 7.97. The zero-order valence-electron chi connectivity index (χ0n) is 16.4. The van der Waals surface area contributed by atoms with E-state index in [1.807, 2.05) is 27.7 Å². The molecule has 2 saturated carbocycles. The Labute approximate surface area is 159 Å². The molecule has 27 heavy (non-hydrogen) atoms. The molecule has 148 valence electrons. The summed E-state index contributed by atoms with van der Waals surface area (Å²) >= 11 is 0. The van der Waals surface area contributed by atoms with Gasteiger partial charge in [-0.15, -0.1) is 0 Å². The van der Waals surface area contributed by atoms with Gasteiger partial charge >= 0.3 is 0 Å². The van der Waals surface area contributed by atoms with Gasteiger partial charge in [0.15, 0.2) is 11.6 Å². The van der Waals surface area contributed by atoms with E-state index in [9.17, 15) is 14.7 Å². The van der Waals surface area contributed by atoms with Crippen molar-refractivity contribution in [1.29, 1.82) is 0 Å². The Bertz CT molecular complexity index is 773. The van der Waals surface area contributed by atoms with Gasteiger partial charge < -0.3 is 19.3 Å². The average Bonchev–Trinajstić information content (AvgIpc) is 3.40. The second-order valence-corrected chi connectivity index (χ2v) is 9.87. The van der Waals surface area contributed by atoms with Crippen molar-refractivity contribution < 1.29 is 28.9 Å². The second kappa shape index (κ2) is 5.15. The number of aliphatic hydroxyl groups is 1. The molecule has 0 aromatic heterocycles. The molecule has 0 unspecified atom stereocenters. The predicted molar refractivity (Wildman–Crippen MR) is 94.5 cm³/mol. The fraction of sp³-hybridized carbons (Fsp3) is 0.810. The zero-order chi connectivity index (χ0) is 19.4. The highest BCUT2D eigenvalue weighted by Gasteiger charge is 2.75. The maximum absolute atomic E-state index is 13.4. The molecule has 5 aliphatic rings. The van der Waals surface area contributed by atoms with E-state index < -0.39 is 22.5 Å². The van der Waals surface area contributed by atoms with Crippen LogP contribution in [-0.4, -0.2) is 47.2 Å². The number of hydrogen-bond donors (Lipinski definition) is 1. The number of carbonyl (C=O) groups is 2. The van der Waals surface area contributed by atoms with Crippen molar-refractivity contribution in [2.75, 3.05) is 6.61 Å². The van der Waals surface area contributed by atoms with Crippen LogP contribution < -0.4 is 0 Å². The smallest absolute Gasteiger partial charge is 0.286 e. The third kappa shape index (κ3) is 2.03. The maximum atomic E-state index is 13.4. The molecular weight excluding hydrogens is 348 g/mol. The Morgan fingerprint density at radius 2 is 1.89 bits per heavy atom. The summed E-state index contributed by atoms with van der Waals surface area (Å²) in [5.41, 5.74) is -1.10. The average molecular weight is 376 g/mol. The first-order chi connectivity index (χ1) is 12.6. The van der Waals surface area contributed by atoms with Gasteiger partial charge in [-0.1, -0.05) is 13.8 Å². The minimum absolute atomic E-state index is 0.000498. The van der Waals surface area contributed by atoms with Crippen molar-refractivity contribution in [3.8, 4) is 0 Å². The van der Waals surface area contributed by atoms with E-state index in [2.05, 4.69) is 0 Å². The molecule has 0 radical (unpaired) electrons. The molecule has 0 amide bonds. The van der Waals surface area contributed by atoms with E-state index >= 15 is 0 Å². The maximum Gasteiger partial charge on any atom is 0.286 e. The molecule has 3 fully saturated rings. The van der Waals surface area contributed by atoms with Gasteiger partial charge in [0, 0.05) is 23.2 Å². The van der Waals surface area contributed by atoms with Gasteiger partial charge in [-0.05, 0) is 39.0 Å². The monoisotopic (exact) mass is 376 g/mol. The van der Waals surface area contributed by atoms with Crippen molar-refractivity contribution >= 4 is 11.6 Å². The minimum Gasteiger partial charge on any atom is -0.462 e. The molecule has 0 aromatic rings. The molecular formula is C21H28O6. The number of Topliss-reactive ketones (excluding diaryl/α,β-unsaturated/α-hetero) is 2. The molecule has 6 heteroatoms. The van der Waals surface area contributed by atoms with E-state index in [0.29, 0.717) is 24.4 Å². The summed E-state index contributed by atoms with van der Waals surface area (Å²) in [4.78, 5) is 26.1. The van der Waals surface area contributed by atoms with Crippen LogP contribution in [0.15, 0.2) is 11.5 Å². The van der Waals surface area contributed by atoms with Gasteiger partial charge in [-0.2, -0.15) is 0 Å². The summed E-state index contributed by atoms with van der Waals surface area (Å²) in [5.74, 6) is 0.420. The Hall–Kier alpha value is -1.40. The quantitative estimate of drug-likeness (QED) is 0.706. The molecule has 8 atom stereocenters. The van der Waals surface area contributed by atoms with Crippen molar-refractivity contribution in [2.45, 2.75) is 77.3 Å². The van der Waals surface area contributed by atoms with Crippen LogP contribution >= 0.6 is 0 Å². The van der Waals surface area contributed by atoms with Crippen molar-refractivity contribution in [2.24, 2.45) is 22.7 Å². The topological polar surface area (TPSA) is 85.4 Å². The number of ether oxygens (including phenoxy) is 3. The standard InChI is InChI=1S/C21H28O6/c1-10-7-12(23)11-8-14-20(3,27-18(11)25-10)6-5-13-19(2,9-22)17-15(26-17)16(24)21(13,14)4/h10,13-15,17,22H,5-9H2,1-4H3/t10-,13-,14-,15-,17-,19+,20-,21+/m1/s1.